The third kappa shape index (κ3) is 6.98. The van der Waals surface area contributed by atoms with Gasteiger partial charge in [-0.3, -0.25) is 10.6 Å². The van der Waals surface area contributed by atoms with E-state index in [4.69, 9.17) is 15.3 Å². The number of nitrogens with two attached hydrogens (primary N) is 1. The Bertz CT molecular complexity index is 1320. The van der Waals surface area contributed by atoms with Crippen molar-refractivity contribution >= 4 is 23.5 Å². The minimum Gasteiger partial charge on any atom is -0.463 e. The Morgan fingerprint density at radius 2 is 1.55 bits per heavy atom. The molecular formula is C27H30F3N5O5. The molecule has 0 fully saturated rings. The minimum atomic E-state index is -4.75. The van der Waals surface area contributed by atoms with Crippen molar-refractivity contribution in [1.82, 2.24) is 16.2 Å². The number of carbonyl (C=O) groups is 3. The molecule has 0 radical (unpaired) electrons. The van der Waals surface area contributed by atoms with E-state index < -0.39 is 35.5 Å². The van der Waals surface area contributed by atoms with Crippen LogP contribution in [0.25, 0.3) is 0 Å². The first-order valence-corrected chi connectivity index (χ1v) is 12.3. The van der Waals surface area contributed by atoms with Crippen LogP contribution >= 0.6 is 0 Å². The van der Waals surface area contributed by atoms with Crippen molar-refractivity contribution < 1.29 is 37.0 Å². The normalized spacial score (nSPS) is 15.3. The maximum absolute atomic E-state index is 14.0. The zero-order valence-corrected chi connectivity index (χ0v) is 22.1. The van der Waals surface area contributed by atoms with E-state index in [9.17, 15) is 27.6 Å². The van der Waals surface area contributed by atoms with E-state index in [1.54, 1.807) is 31.2 Å². The van der Waals surface area contributed by atoms with Crippen LogP contribution in [-0.2, 0) is 25.2 Å². The van der Waals surface area contributed by atoms with Crippen LogP contribution in [0.2, 0.25) is 0 Å². The van der Waals surface area contributed by atoms with Gasteiger partial charge in [0.25, 0.3) is 5.91 Å². The molecule has 0 saturated carbocycles. The molecule has 1 aliphatic rings. The van der Waals surface area contributed by atoms with Crippen molar-refractivity contribution in [3.05, 3.63) is 87.8 Å². The van der Waals surface area contributed by atoms with E-state index in [1.165, 1.54) is 32.0 Å². The van der Waals surface area contributed by atoms with Gasteiger partial charge < -0.3 is 25.5 Å². The van der Waals surface area contributed by atoms with Crippen LogP contribution in [0.3, 0.4) is 0 Å². The molecule has 2 aromatic carbocycles. The van der Waals surface area contributed by atoms with Gasteiger partial charge in [0.2, 0.25) is 0 Å². The highest BCUT2D eigenvalue weighted by Crippen LogP contribution is 2.44. The summed E-state index contributed by atoms with van der Waals surface area (Å²) >= 11 is 0. The van der Waals surface area contributed by atoms with Gasteiger partial charge in [-0.2, -0.15) is 18.7 Å². The first-order chi connectivity index (χ1) is 19.0. The van der Waals surface area contributed by atoms with Gasteiger partial charge in [-0.15, -0.1) is 0 Å². The highest BCUT2D eigenvalue weighted by Gasteiger charge is 2.43. The zero-order valence-electron chi connectivity index (χ0n) is 22.1. The second-order valence-electron chi connectivity index (χ2n) is 8.68. The van der Waals surface area contributed by atoms with Crippen LogP contribution in [0.5, 0.6) is 0 Å². The summed E-state index contributed by atoms with van der Waals surface area (Å²) in [5.74, 6) is 1.53. The Kier molecular flexibility index (Phi) is 9.91. The van der Waals surface area contributed by atoms with Crippen LogP contribution in [0.4, 0.5) is 18.9 Å². The van der Waals surface area contributed by atoms with Crippen LogP contribution in [0, 0.1) is 0 Å². The number of dihydropyridines is 1. The zero-order chi connectivity index (χ0) is 29.4. The Morgan fingerprint density at radius 1 is 0.950 bits per heavy atom. The monoisotopic (exact) mass is 561 g/mol. The summed E-state index contributed by atoms with van der Waals surface area (Å²) in [5.41, 5.74) is 4.78. The largest absolute Gasteiger partial charge is 0.463 e. The average molecular weight is 562 g/mol. The second kappa shape index (κ2) is 13.1. The summed E-state index contributed by atoms with van der Waals surface area (Å²) in [6, 6.07) is 11.1. The number of esters is 2. The summed E-state index contributed by atoms with van der Waals surface area (Å²) in [7, 11) is 0. The van der Waals surface area contributed by atoms with E-state index in [0.29, 0.717) is 11.3 Å². The van der Waals surface area contributed by atoms with Crippen molar-refractivity contribution in [2.24, 2.45) is 5.84 Å². The van der Waals surface area contributed by atoms with Crippen LogP contribution < -0.4 is 27.4 Å². The molecule has 1 heterocycles. The van der Waals surface area contributed by atoms with Crippen molar-refractivity contribution in [3.8, 4) is 0 Å². The lowest BCUT2D eigenvalue weighted by molar-refractivity contribution is -0.142. The van der Waals surface area contributed by atoms with Gasteiger partial charge in [0.1, 0.15) is 6.61 Å². The molecule has 0 aliphatic carbocycles. The van der Waals surface area contributed by atoms with E-state index in [2.05, 4.69) is 21.6 Å². The van der Waals surface area contributed by atoms with Crippen molar-refractivity contribution in [1.29, 1.82) is 0 Å². The highest BCUT2D eigenvalue weighted by atomic mass is 19.4. The third-order valence-corrected chi connectivity index (χ3v) is 6.04. The molecule has 214 valence electrons. The number of halogens is 3. The Labute approximate surface area is 228 Å². The molecule has 6 N–H and O–H groups in total. The maximum atomic E-state index is 14.0. The van der Waals surface area contributed by atoms with Crippen molar-refractivity contribution in [2.45, 2.75) is 32.9 Å². The highest BCUT2D eigenvalue weighted by molar-refractivity contribution is 6.00. The quantitative estimate of drug-likeness (QED) is 0.128. The summed E-state index contributed by atoms with van der Waals surface area (Å²) in [6.45, 7) is 4.23. The molecule has 1 aliphatic heterocycles. The average Bonchev–Trinajstić information content (AvgIpc) is 2.90. The fourth-order valence-electron chi connectivity index (χ4n) is 4.34. The maximum Gasteiger partial charge on any atom is 0.416 e. The van der Waals surface area contributed by atoms with E-state index in [-0.39, 0.29) is 47.9 Å². The number of anilines is 1. The van der Waals surface area contributed by atoms with Crippen LogP contribution in [0.1, 0.15) is 48.2 Å². The van der Waals surface area contributed by atoms with Gasteiger partial charge in [0.15, 0.2) is 0 Å². The van der Waals surface area contributed by atoms with Gasteiger partial charge in [-0.05, 0) is 56.7 Å². The summed E-state index contributed by atoms with van der Waals surface area (Å²) in [4.78, 5) is 38.6. The lowest BCUT2D eigenvalue weighted by Gasteiger charge is -2.31. The molecule has 0 saturated heterocycles. The molecule has 3 rings (SSSR count). The number of carbonyl (C=O) groups excluding carboxylic acids is 3. The Hall–Kier alpha value is -4.36. The second-order valence-corrected chi connectivity index (χ2v) is 8.68. The van der Waals surface area contributed by atoms with E-state index >= 15 is 0 Å². The number of amides is 1. The molecule has 0 aromatic heterocycles. The summed E-state index contributed by atoms with van der Waals surface area (Å²) in [5, 5.41) is 5.49. The number of hydrogen-bond donors (Lipinski definition) is 5. The molecule has 0 bridgehead atoms. The third-order valence-electron chi connectivity index (χ3n) is 6.04. The number of hydrogen-bond acceptors (Lipinski definition) is 9. The number of benzene rings is 2. The Morgan fingerprint density at radius 3 is 2.12 bits per heavy atom. The predicted molar refractivity (Wildman–Crippen MR) is 140 cm³/mol. The van der Waals surface area contributed by atoms with Crippen LogP contribution in [0.15, 0.2) is 71.1 Å². The topological polar surface area (TPSA) is 144 Å². The lowest BCUT2D eigenvalue weighted by Crippen LogP contribution is -2.34. The van der Waals surface area contributed by atoms with Gasteiger partial charge in [0, 0.05) is 17.0 Å². The molecule has 40 heavy (non-hydrogen) atoms. The number of nitrogens with one attached hydrogen (secondary N) is 4. The molecule has 1 atom stereocenters. The van der Waals surface area contributed by atoms with Gasteiger partial charge >= 0.3 is 18.1 Å². The Balaban J connectivity index is 1.83. The first kappa shape index (κ1) is 30.2. The molecular weight excluding hydrogens is 531 g/mol. The van der Waals surface area contributed by atoms with Crippen molar-refractivity contribution in [2.75, 3.05) is 25.2 Å². The first-order valence-electron chi connectivity index (χ1n) is 12.3. The fourth-order valence-corrected chi connectivity index (χ4v) is 4.34. The lowest BCUT2D eigenvalue weighted by atomic mass is 9.78. The minimum absolute atomic E-state index is 0.0193. The van der Waals surface area contributed by atoms with Crippen LogP contribution in [-0.4, -0.2) is 37.6 Å². The smallest absolute Gasteiger partial charge is 0.416 e. The molecule has 1 unspecified atom stereocenters. The fraction of sp³-hybridized carbons (Fsp3) is 0.296. The van der Waals surface area contributed by atoms with E-state index in [0.717, 1.165) is 6.07 Å². The number of hydrazine groups is 2. The number of alkyl halides is 3. The van der Waals surface area contributed by atoms with Gasteiger partial charge in [0.05, 0.1) is 41.5 Å². The number of allylic oxidation sites excluding steroid dienone is 2. The number of rotatable bonds is 10. The SMILES string of the molecule is CCOC(=O)C1=C(C)NC(C)=C(C(=O)OCCNC(=O)c2ccc(NNN)cc2)C1c1ccccc1C(F)(F)F. The standard InChI is InChI=1S/C27H30F3N5O5/c1-4-39-25(37)21-15(2)33-16(3)22(23(21)19-7-5-6-8-20(19)27(28,29)30)26(38)40-14-13-32-24(36)17-9-11-18(12-10-17)34-35-31/h5-12,23,33-35H,4,13-14,31H2,1-3H3,(H,32,36). The van der Waals surface area contributed by atoms with Gasteiger partial charge in [-0.25, -0.2) is 9.59 Å². The van der Waals surface area contributed by atoms with Gasteiger partial charge in [-0.1, -0.05) is 18.2 Å². The molecule has 13 heteroatoms. The molecule has 1 amide bonds. The molecule has 0 spiro atoms. The molecule has 10 nitrogen and oxygen atoms in total. The predicted octanol–water partition coefficient (Wildman–Crippen LogP) is 3.27. The number of ether oxygens (including phenoxy) is 2. The summed E-state index contributed by atoms with van der Waals surface area (Å²) in [6.07, 6.45) is -4.75. The van der Waals surface area contributed by atoms with E-state index in [1.807, 2.05) is 0 Å². The van der Waals surface area contributed by atoms with Crippen molar-refractivity contribution in [3.63, 3.8) is 0 Å². The molecule has 2 aromatic rings. The summed E-state index contributed by atoms with van der Waals surface area (Å²) < 4.78 is 52.5.